The van der Waals surface area contributed by atoms with Gasteiger partial charge < -0.3 is 10.2 Å². The molecule has 7 nitrogen and oxygen atoms in total. The maximum atomic E-state index is 12.6. The minimum absolute atomic E-state index is 0.100. The lowest BCUT2D eigenvalue weighted by Crippen LogP contribution is -2.37. The normalized spacial score (nSPS) is 18.3. The highest BCUT2D eigenvalue weighted by Gasteiger charge is 2.33. The van der Waals surface area contributed by atoms with Crippen LogP contribution in [0.15, 0.2) is 30.3 Å². The monoisotopic (exact) mass is 388 g/mol. The van der Waals surface area contributed by atoms with Crippen LogP contribution in [0, 0.1) is 13.8 Å². The Bertz CT molecular complexity index is 942. The molecule has 1 aromatic heterocycles. The third-order valence-electron chi connectivity index (χ3n) is 4.63. The van der Waals surface area contributed by atoms with Crippen LogP contribution in [0.25, 0.3) is 0 Å². The smallest absolute Gasteiger partial charge is 0.274 e. The SMILES string of the molecule is CCN(c1nc(C)cc(C(=O)Nc2ccc(C)cc2)n1)C1CCS(=O)(=O)C1. The van der Waals surface area contributed by atoms with Crippen LogP contribution in [0.2, 0.25) is 0 Å². The van der Waals surface area contributed by atoms with Crippen LogP contribution in [-0.4, -0.2) is 48.4 Å². The zero-order valence-electron chi connectivity index (χ0n) is 15.8. The van der Waals surface area contributed by atoms with E-state index in [1.54, 1.807) is 13.0 Å². The van der Waals surface area contributed by atoms with Crippen LogP contribution in [0.4, 0.5) is 11.6 Å². The molecule has 1 saturated heterocycles. The number of hydrogen-bond donors (Lipinski definition) is 1. The van der Waals surface area contributed by atoms with Crippen molar-refractivity contribution >= 4 is 27.4 Å². The summed E-state index contributed by atoms with van der Waals surface area (Å²) in [6.07, 6.45) is 0.554. The lowest BCUT2D eigenvalue weighted by molar-refractivity contribution is 0.102. The second-order valence-electron chi connectivity index (χ2n) is 6.86. The summed E-state index contributed by atoms with van der Waals surface area (Å²) in [7, 11) is -3.02. The fraction of sp³-hybridized carbons (Fsp3) is 0.421. The molecule has 0 aliphatic carbocycles. The average Bonchev–Trinajstić information content (AvgIpc) is 2.97. The number of nitrogens with zero attached hydrogens (tertiary/aromatic N) is 3. The van der Waals surface area contributed by atoms with Crippen molar-refractivity contribution in [3.8, 4) is 0 Å². The van der Waals surface area contributed by atoms with Crippen molar-refractivity contribution < 1.29 is 13.2 Å². The Hall–Kier alpha value is -2.48. The van der Waals surface area contributed by atoms with E-state index in [1.165, 1.54) is 0 Å². The van der Waals surface area contributed by atoms with Crippen LogP contribution in [-0.2, 0) is 9.84 Å². The lowest BCUT2D eigenvalue weighted by Gasteiger charge is -2.27. The van der Waals surface area contributed by atoms with Gasteiger partial charge in [-0.05, 0) is 45.4 Å². The van der Waals surface area contributed by atoms with Gasteiger partial charge in [-0.2, -0.15) is 0 Å². The standard InChI is InChI=1S/C19H24N4O3S/c1-4-23(16-9-10-27(25,26)12-16)19-20-14(3)11-17(22-19)18(24)21-15-7-5-13(2)6-8-15/h5-8,11,16H,4,9-10,12H2,1-3H3,(H,21,24). The molecule has 1 atom stereocenters. The molecule has 3 rings (SSSR count). The average molecular weight is 388 g/mol. The number of amides is 1. The number of aryl methyl sites for hydroxylation is 2. The number of rotatable bonds is 5. The molecular weight excluding hydrogens is 364 g/mol. The van der Waals surface area contributed by atoms with E-state index in [0.717, 1.165) is 5.56 Å². The second-order valence-corrected chi connectivity index (χ2v) is 9.09. The van der Waals surface area contributed by atoms with E-state index < -0.39 is 9.84 Å². The zero-order valence-corrected chi connectivity index (χ0v) is 16.6. The van der Waals surface area contributed by atoms with Crippen LogP contribution in [0.3, 0.4) is 0 Å². The first-order chi connectivity index (χ1) is 12.8. The van der Waals surface area contributed by atoms with Gasteiger partial charge in [-0.25, -0.2) is 18.4 Å². The molecule has 144 valence electrons. The Labute approximate surface area is 159 Å². The van der Waals surface area contributed by atoms with Gasteiger partial charge in [0.1, 0.15) is 5.69 Å². The van der Waals surface area contributed by atoms with Crippen molar-refractivity contribution in [2.45, 2.75) is 33.2 Å². The maximum absolute atomic E-state index is 12.6. The topological polar surface area (TPSA) is 92.3 Å². The Kier molecular flexibility index (Phi) is 5.46. The highest BCUT2D eigenvalue weighted by atomic mass is 32.2. The molecule has 2 heterocycles. The van der Waals surface area contributed by atoms with Gasteiger partial charge in [0.25, 0.3) is 5.91 Å². The molecule has 27 heavy (non-hydrogen) atoms. The molecule has 0 spiro atoms. The Morgan fingerprint density at radius 2 is 1.93 bits per heavy atom. The molecule has 1 aliphatic rings. The number of aromatic nitrogens is 2. The number of sulfone groups is 1. The predicted octanol–water partition coefficient (Wildman–Crippen LogP) is 2.36. The number of nitrogens with one attached hydrogen (secondary N) is 1. The number of anilines is 2. The Morgan fingerprint density at radius 1 is 1.22 bits per heavy atom. The molecule has 0 saturated carbocycles. The van der Waals surface area contributed by atoms with Crippen molar-refractivity contribution in [1.82, 2.24) is 9.97 Å². The van der Waals surface area contributed by atoms with Gasteiger partial charge >= 0.3 is 0 Å². The molecule has 2 aromatic rings. The molecule has 1 fully saturated rings. The van der Waals surface area contributed by atoms with Crippen molar-refractivity contribution in [2.75, 3.05) is 28.3 Å². The van der Waals surface area contributed by atoms with Gasteiger partial charge in [0.2, 0.25) is 5.95 Å². The third kappa shape index (κ3) is 4.63. The van der Waals surface area contributed by atoms with E-state index in [2.05, 4.69) is 15.3 Å². The molecule has 1 unspecified atom stereocenters. The molecule has 1 aromatic carbocycles. The van der Waals surface area contributed by atoms with Gasteiger partial charge in [0.15, 0.2) is 9.84 Å². The molecule has 0 bridgehead atoms. The zero-order chi connectivity index (χ0) is 19.6. The molecular formula is C19H24N4O3S. The van der Waals surface area contributed by atoms with E-state index in [4.69, 9.17) is 0 Å². The van der Waals surface area contributed by atoms with Crippen LogP contribution in [0.5, 0.6) is 0 Å². The van der Waals surface area contributed by atoms with E-state index >= 15 is 0 Å². The number of benzene rings is 1. The number of hydrogen-bond acceptors (Lipinski definition) is 6. The van der Waals surface area contributed by atoms with Crippen molar-refractivity contribution in [1.29, 1.82) is 0 Å². The fourth-order valence-electron chi connectivity index (χ4n) is 3.21. The van der Waals surface area contributed by atoms with E-state index in [0.29, 0.717) is 30.3 Å². The Morgan fingerprint density at radius 3 is 2.52 bits per heavy atom. The van der Waals surface area contributed by atoms with Crippen LogP contribution >= 0.6 is 0 Å². The molecule has 1 aliphatic heterocycles. The summed E-state index contributed by atoms with van der Waals surface area (Å²) < 4.78 is 23.7. The molecule has 1 amide bonds. The summed E-state index contributed by atoms with van der Waals surface area (Å²) in [4.78, 5) is 23.4. The third-order valence-corrected chi connectivity index (χ3v) is 6.38. The van der Waals surface area contributed by atoms with Gasteiger partial charge in [0.05, 0.1) is 11.5 Å². The molecule has 1 N–H and O–H groups in total. The van der Waals surface area contributed by atoms with Crippen LogP contribution in [0.1, 0.15) is 35.1 Å². The summed E-state index contributed by atoms with van der Waals surface area (Å²) >= 11 is 0. The highest BCUT2D eigenvalue weighted by molar-refractivity contribution is 7.91. The second kappa shape index (κ2) is 7.64. The van der Waals surface area contributed by atoms with E-state index in [-0.39, 0.29) is 29.1 Å². The predicted molar refractivity (Wildman–Crippen MR) is 106 cm³/mol. The summed E-state index contributed by atoms with van der Waals surface area (Å²) in [5.74, 6) is 0.360. The summed E-state index contributed by atoms with van der Waals surface area (Å²) in [6.45, 7) is 6.28. The van der Waals surface area contributed by atoms with Crippen molar-refractivity contribution in [3.05, 3.63) is 47.3 Å². The number of carbonyl (C=O) groups excluding carboxylic acids is 1. The van der Waals surface area contributed by atoms with Crippen LogP contribution < -0.4 is 10.2 Å². The van der Waals surface area contributed by atoms with E-state index in [1.807, 2.05) is 43.0 Å². The quantitative estimate of drug-likeness (QED) is 0.845. The first kappa shape index (κ1) is 19.3. The van der Waals surface area contributed by atoms with Crippen molar-refractivity contribution in [3.63, 3.8) is 0 Å². The van der Waals surface area contributed by atoms with E-state index in [9.17, 15) is 13.2 Å². The van der Waals surface area contributed by atoms with Gasteiger partial charge in [-0.1, -0.05) is 17.7 Å². The maximum Gasteiger partial charge on any atom is 0.274 e. The summed E-state index contributed by atoms with van der Waals surface area (Å²) in [5, 5.41) is 2.84. The van der Waals surface area contributed by atoms with Gasteiger partial charge in [-0.15, -0.1) is 0 Å². The van der Waals surface area contributed by atoms with Gasteiger partial charge in [-0.3, -0.25) is 4.79 Å². The highest BCUT2D eigenvalue weighted by Crippen LogP contribution is 2.22. The summed E-state index contributed by atoms with van der Waals surface area (Å²) in [5.41, 5.74) is 2.72. The molecule has 0 radical (unpaired) electrons. The minimum atomic E-state index is -3.02. The number of carbonyl (C=O) groups is 1. The first-order valence-corrected chi connectivity index (χ1v) is 10.8. The molecule has 8 heteroatoms. The lowest BCUT2D eigenvalue weighted by atomic mass is 10.2. The Balaban J connectivity index is 1.84. The summed E-state index contributed by atoms with van der Waals surface area (Å²) in [6, 6.07) is 8.99. The van der Waals surface area contributed by atoms with Gasteiger partial charge in [0, 0.05) is 24.0 Å². The van der Waals surface area contributed by atoms with Crippen molar-refractivity contribution in [2.24, 2.45) is 0 Å². The fourth-order valence-corrected chi connectivity index (χ4v) is 4.94. The first-order valence-electron chi connectivity index (χ1n) is 8.98. The minimum Gasteiger partial charge on any atom is -0.337 e. The largest absolute Gasteiger partial charge is 0.337 e.